The predicted octanol–water partition coefficient (Wildman–Crippen LogP) is 11.9. The van der Waals surface area contributed by atoms with Crippen LogP contribution in [0.15, 0.2) is 137 Å². The second-order valence-electron chi connectivity index (χ2n) is 12.0. The molecular weight excluding hydrogens is 807 g/mol. The standard InChI is InChI=1S/C41H22N3OS2.Ir/c1-3-10-34-28(8-1)31-21-24(25-13-15-37-32(22-25)29-9-2-4-11-36(29)45-37)12-14-35(31)44(34)27-7-5-6-26(20-27)38-23-33-39-30(16-19-46-39)40-42-17-18-43(40)41(33)47-38;/h1-15,17-23H;/q-1;. The average Bonchev–Trinajstić information content (AvgIpc) is 3.95. The van der Waals surface area contributed by atoms with Crippen LogP contribution in [0.5, 0.6) is 0 Å². The van der Waals surface area contributed by atoms with Gasteiger partial charge in [0, 0.05) is 70.3 Å². The van der Waals surface area contributed by atoms with Crippen molar-refractivity contribution in [3.8, 4) is 27.3 Å². The van der Waals surface area contributed by atoms with E-state index in [1.54, 1.807) is 11.3 Å². The molecule has 0 aliphatic heterocycles. The fourth-order valence-electron chi connectivity index (χ4n) is 7.29. The van der Waals surface area contributed by atoms with E-state index in [1.807, 2.05) is 35.0 Å². The normalized spacial score (nSPS) is 12.0. The number of aromatic nitrogens is 3. The first-order valence-electron chi connectivity index (χ1n) is 15.5. The van der Waals surface area contributed by atoms with Gasteiger partial charge in [-0.15, -0.1) is 16.7 Å². The van der Waals surface area contributed by atoms with Gasteiger partial charge in [0.05, 0.1) is 15.9 Å². The molecule has 0 atom stereocenters. The number of hydrogen-bond acceptors (Lipinski definition) is 4. The monoisotopic (exact) mass is 829 g/mol. The smallest absolute Gasteiger partial charge is 0.135 e. The van der Waals surface area contributed by atoms with Crippen molar-refractivity contribution in [3.63, 3.8) is 0 Å². The molecule has 0 unspecified atom stereocenters. The Morgan fingerprint density at radius 2 is 1.44 bits per heavy atom. The molecule has 11 aromatic rings. The molecule has 7 heteroatoms. The molecule has 0 aliphatic carbocycles. The maximum Gasteiger partial charge on any atom is 0.135 e. The summed E-state index contributed by atoms with van der Waals surface area (Å²) < 4.78 is 12.0. The molecular formula is C41H22IrN3OS2-. The maximum absolute atomic E-state index is 6.10. The fraction of sp³-hybridized carbons (Fsp3) is 0. The van der Waals surface area contributed by atoms with Crippen LogP contribution in [0.4, 0.5) is 0 Å². The van der Waals surface area contributed by atoms with E-state index in [0.717, 1.165) is 38.7 Å². The number of nitrogens with zero attached hydrogens (tertiary/aromatic N) is 3. The number of pyridine rings is 1. The van der Waals surface area contributed by atoms with Crippen molar-refractivity contribution >= 4 is 92.4 Å². The van der Waals surface area contributed by atoms with Crippen LogP contribution in [0.2, 0.25) is 0 Å². The molecule has 5 aromatic carbocycles. The number of furan rings is 1. The van der Waals surface area contributed by atoms with Gasteiger partial charge in [-0.3, -0.25) is 0 Å². The van der Waals surface area contributed by atoms with Gasteiger partial charge in [0.25, 0.3) is 0 Å². The van der Waals surface area contributed by atoms with Crippen LogP contribution in [0.1, 0.15) is 0 Å². The molecule has 0 saturated carbocycles. The van der Waals surface area contributed by atoms with Gasteiger partial charge in [-0.05, 0) is 76.7 Å². The topological polar surface area (TPSA) is 35.4 Å². The van der Waals surface area contributed by atoms with Gasteiger partial charge >= 0.3 is 0 Å². The summed E-state index contributed by atoms with van der Waals surface area (Å²) in [7, 11) is 0. The number of fused-ring (bicyclic) bond motifs is 12. The van der Waals surface area contributed by atoms with Gasteiger partial charge in [-0.25, -0.2) is 11.3 Å². The van der Waals surface area contributed by atoms with E-state index in [-0.39, 0.29) is 20.1 Å². The van der Waals surface area contributed by atoms with Crippen LogP contribution in [0, 0.1) is 6.07 Å². The largest absolute Gasteiger partial charge is 0.456 e. The van der Waals surface area contributed by atoms with Crippen LogP contribution >= 0.6 is 22.7 Å². The van der Waals surface area contributed by atoms with E-state index >= 15 is 0 Å². The minimum Gasteiger partial charge on any atom is -0.456 e. The van der Waals surface area contributed by atoms with Crippen molar-refractivity contribution in [1.29, 1.82) is 0 Å². The SMILES string of the molecule is [Ir].[c-]1csc2c1c1nccn1c1sc(-c3cccc(-n4c5ccccc5c5cc(-c6ccc7oc8ccccc8c7c6)ccc54)c3)cc21. The van der Waals surface area contributed by atoms with E-state index < -0.39 is 0 Å². The van der Waals surface area contributed by atoms with Crippen LogP contribution in [-0.4, -0.2) is 14.0 Å². The zero-order valence-corrected chi connectivity index (χ0v) is 29.1. The van der Waals surface area contributed by atoms with Crippen LogP contribution < -0.4 is 0 Å². The summed E-state index contributed by atoms with van der Waals surface area (Å²) in [6, 6.07) is 45.1. The van der Waals surface area contributed by atoms with Crippen molar-refractivity contribution in [3.05, 3.63) is 139 Å². The molecule has 48 heavy (non-hydrogen) atoms. The van der Waals surface area contributed by atoms with Gasteiger partial charge in [-0.1, -0.05) is 70.7 Å². The zero-order chi connectivity index (χ0) is 30.6. The summed E-state index contributed by atoms with van der Waals surface area (Å²) in [5, 5.41) is 9.16. The minimum atomic E-state index is 0. The van der Waals surface area contributed by atoms with Crippen LogP contribution in [0.3, 0.4) is 0 Å². The second kappa shape index (κ2) is 10.5. The third-order valence-electron chi connectivity index (χ3n) is 9.42. The average molecular weight is 829 g/mol. The maximum atomic E-state index is 6.10. The molecule has 0 bridgehead atoms. The Balaban J connectivity index is 0.00000295. The molecule has 6 aromatic heterocycles. The number of thiophene rings is 2. The van der Waals surface area contributed by atoms with E-state index in [4.69, 9.17) is 4.42 Å². The third kappa shape index (κ3) is 3.93. The molecule has 6 heterocycles. The minimum absolute atomic E-state index is 0. The first-order valence-corrected chi connectivity index (χ1v) is 17.2. The van der Waals surface area contributed by atoms with E-state index in [9.17, 15) is 0 Å². The molecule has 0 N–H and O–H groups in total. The van der Waals surface area contributed by atoms with Crippen molar-refractivity contribution < 1.29 is 24.5 Å². The quantitative estimate of drug-likeness (QED) is 0.166. The Morgan fingerprint density at radius 1 is 0.646 bits per heavy atom. The van der Waals surface area contributed by atoms with Gasteiger partial charge in [-0.2, -0.15) is 6.07 Å². The summed E-state index contributed by atoms with van der Waals surface area (Å²) in [4.78, 5) is 7.10. The summed E-state index contributed by atoms with van der Waals surface area (Å²) in [6.45, 7) is 0. The molecule has 0 fully saturated rings. The number of rotatable bonds is 3. The fourth-order valence-corrected chi connectivity index (χ4v) is 9.34. The number of hydrogen-bond donors (Lipinski definition) is 0. The Hall–Kier alpha value is -5.04. The van der Waals surface area contributed by atoms with Crippen molar-refractivity contribution in [2.24, 2.45) is 0 Å². The number of imidazole rings is 1. The number of para-hydroxylation sites is 2. The molecule has 0 saturated heterocycles. The van der Waals surface area contributed by atoms with E-state index in [2.05, 4.69) is 129 Å². The Labute approximate surface area is 295 Å². The molecule has 0 aliphatic rings. The van der Waals surface area contributed by atoms with Gasteiger partial charge in [0.2, 0.25) is 0 Å². The molecule has 1 radical (unpaired) electrons. The Kier molecular flexibility index (Phi) is 6.12. The zero-order valence-electron chi connectivity index (χ0n) is 25.1. The van der Waals surface area contributed by atoms with Crippen molar-refractivity contribution in [2.75, 3.05) is 0 Å². The van der Waals surface area contributed by atoms with E-state index in [0.29, 0.717) is 0 Å². The number of benzene rings is 5. The van der Waals surface area contributed by atoms with Crippen LogP contribution in [0.25, 0.3) is 96.9 Å². The molecule has 0 amide bonds. The van der Waals surface area contributed by atoms with Gasteiger partial charge in [0.15, 0.2) is 0 Å². The van der Waals surface area contributed by atoms with E-state index in [1.165, 1.54) is 58.3 Å². The first kappa shape index (κ1) is 28.0. The van der Waals surface area contributed by atoms with Crippen molar-refractivity contribution in [2.45, 2.75) is 0 Å². The Bertz CT molecular complexity index is 2980. The summed E-state index contributed by atoms with van der Waals surface area (Å²) in [5.74, 6) is 0. The summed E-state index contributed by atoms with van der Waals surface area (Å²) >= 11 is 3.55. The third-order valence-corrected chi connectivity index (χ3v) is 11.5. The Morgan fingerprint density at radius 3 is 2.38 bits per heavy atom. The van der Waals surface area contributed by atoms with Gasteiger partial charge < -0.3 is 18.4 Å². The molecule has 0 spiro atoms. The summed E-state index contributed by atoms with van der Waals surface area (Å²) in [6.07, 6.45) is 3.94. The van der Waals surface area contributed by atoms with Crippen LogP contribution in [-0.2, 0) is 20.1 Å². The summed E-state index contributed by atoms with van der Waals surface area (Å²) in [5.41, 5.74) is 9.91. The van der Waals surface area contributed by atoms with Gasteiger partial charge in [0.1, 0.15) is 11.2 Å². The molecule has 229 valence electrons. The molecule has 11 rings (SSSR count). The predicted molar refractivity (Wildman–Crippen MR) is 197 cm³/mol. The second-order valence-corrected chi connectivity index (χ2v) is 13.9. The molecule has 4 nitrogen and oxygen atoms in total. The van der Waals surface area contributed by atoms with Crippen molar-refractivity contribution in [1.82, 2.24) is 14.0 Å². The first-order chi connectivity index (χ1) is 23.3.